The van der Waals surface area contributed by atoms with E-state index in [0.717, 1.165) is 24.1 Å². The number of nitrogens with one attached hydrogen (secondary N) is 1. The molecule has 3 N–H and O–H groups in total. The van der Waals surface area contributed by atoms with Crippen LogP contribution < -0.4 is 16.2 Å². The Balaban J connectivity index is 2.20. The number of anilines is 2. The van der Waals surface area contributed by atoms with E-state index in [1.54, 1.807) is 0 Å². The van der Waals surface area contributed by atoms with Gasteiger partial charge in [-0.3, -0.25) is 0 Å². The van der Waals surface area contributed by atoms with Crippen LogP contribution in [0.4, 0.5) is 11.6 Å². The van der Waals surface area contributed by atoms with Crippen LogP contribution in [-0.2, 0) is 5.41 Å². The van der Waals surface area contributed by atoms with E-state index in [9.17, 15) is 0 Å². The topological polar surface area (TPSA) is 67.1 Å². The average molecular weight is 277 g/mol. The summed E-state index contributed by atoms with van der Waals surface area (Å²) in [5.74, 6) is 8.78. The van der Waals surface area contributed by atoms with E-state index in [-0.39, 0.29) is 5.41 Å². The molecule has 0 spiro atoms. The van der Waals surface area contributed by atoms with Gasteiger partial charge >= 0.3 is 0 Å². The molecule has 1 aromatic heterocycles. The van der Waals surface area contributed by atoms with Crippen molar-refractivity contribution in [2.24, 2.45) is 11.8 Å². The van der Waals surface area contributed by atoms with Gasteiger partial charge in [0.25, 0.3) is 0 Å². The van der Waals surface area contributed by atoms with Crippen LogP contribution in [-0.4, -0.2) is 23.6 Å². The molecule has 2 rings (SSSR count). The van der Waals surface area contributed by atoms with Gasteiger partial charge in [-0.05, 0) is 18.8 Å². The molecule has 1 heterocycles. The molecule has 5 heteroatoms. The molecule has 1 saturated carbocycles. The highest BCUT2D eigenvalue weighted by atomic mass is 15.3. The number of hydrazine groups is 1. The van der Waals surface area contributed by atoms with Gasteiger partial charge in [0.1, 0.15) is 17.5 Å². The number of nitrogens with zero attached hydrogens (tertiary/aromatic N) is 3. The summed E-state index contributed by atoms with van der Waals surface area (Å²) in [4.78, 5) is 11.4. The average Bonchev–Trinajstić information content (AvgIpc) is 2.90. The maximum atomic E-state index is 5.54. The SMILES string of the molecule is CN(CC1CCCC1)c1cc(NN)nc(C(C)(C)C)n1. The number of hydrogen-bond donors (Lipinski definition) is 2. The van der Waals surface area contributed by atoms with E-state index in [2.05, 4.69) is 43.1 Å². The minimum absolute atomic E-state index is 0.0875. The molecule has 0 unspecified atom stereocenters. The Morgan fingerprint density at radius 1 is 1.30 bits per heavy atom. The first-order chi connectivity index (χ1) is 9.40. The lowest BCUT2D eigenvalue weighted by molar-refractivity contribution is 0.532. The van der Waals surface area contributed by atoms with Crippen molar-refractivity contribution in [3.05, 3.63) is 11.9 Å². The van der Waals surface area contributed by atoms with Gasteiger partial charge < -0.3 is 10.3 Å². The number of nitrogen functional groups attached to an aromatic ring is 1. The third-order valence-electron chi connectivity index (χ3n) is 3.93. The lowest BCUT2D eigenvalue weighted by Crippen LogP contribution is -2.27. The molecule has 1 aliphatic carbocycles. The quantitative estimate of drug-likeness (QED) is 0.654. The van der Waals surface area contributed by atoms with E-state index < -0.39 is 0 Å². The Hall–Kier alpha value is -1.36. The second-order valence-corrected chi connectivity index (χ2v) is 6.86. The van der Waals surface area contributed by atoms with Crippen LogP contribution in [0.15, 0.2) is 6.07 Å². The molecule has 0 radical (unpaired) electrons. The number of hydrogen-bond acceptors (Lipinski definition) is 5. The molecule has 1 aliphatic rings. The van der Waals surface area contributed by atoms with E-state index in [1.807, 2.05) is 6.07 Å². The van der Waals surface area contributed by atoms with Gasteiger partial charge in [0, 0.05) is 25.1 Å². The first-order valence-electron chi connectivity index (χ1n) is 7.47. The van der Waals surface area contributed by atoms with Crippen LogP contribution in [0.5, 0.6) is 0 Å². The fraction of sp³-hybridized carbons (Fsp3) is 0.733. The van der Waals surface area contributed by atoms with E-state index in [4.69, 9.17) is 10.8 Å². The smallest absolute Gasteiger partial charge is 0.145 e. The normalized spacial score (nSPS) is 16.4. The zero-order valence-corrected chi connectivity index (χ0v) is 13.1. The molecule has 0 aliphatic heterocycles. The van der Waals surface area contributed by atoms with Gasteiger partial charge in [0.2, 0.25) is 0 Å². The van der Waals surface area contributed by atoms with Crippen LogP contribution in [0.3, 0.4) is 0 Å². The fourth-order valence-corrected chi connectivity index (χ4v) is 2.71. The molecular formula is C15H27N5. The standard InChI is InChI=1S/C15H27N5/c1-15(2,3)14-17-12(19-16)9-13(18-14)20(4)10-11-7-5-6-8-11/h9,11H,5-8,10,16H2,1-4H3,(H,17,18,19). The first kappa shape index (κ1) is 15.0. The number of rotatable bonds is 4. The highest BCUT2D eigenvalue weighted by molar-refractivity contribution is 5.49. The van der Waals surface area contributed by atoms with Crippen LogP contribution in [0, 0.1) is 5.92 Å². The summed E-state index contributed by atoms with van der Waals surface area (Å²) in [6, 6.07) is 1.92. The van der Waals surface area contributed by atoms with E-state index >= 15 is 0 Å². The van der Waals surface area contributed by atoms with Crippen molar-refractivity contribution in [3.8, 4) is 0 Å². The van der Waals surface area contributed by atoms with Gasteiger partial charge in [-0.2, -0.15) is 0 Å². The third-order valence-corrected chi connectivity index (χ3v) is 3.93. The molecule has 20 heavy (non-hydrogen) atoms. The Kier molecular flexibility index (Phi) is 4.48. The van der Waals surface area contributed by atoms with Crippen molar-refractivity contribution in [1.29, 1.82) is 0 Å². The second-order valence-electron chi connectivity index (χ2n) is 6.86. The molecule has 0 bridgehead atoms. The molecular weight excluding hydrogens is 250 g/mol. The Bertz CT molecular complexity index is 446. The van der Waals surface area contributed by atoms with Crippen molar-refractivity contribution in [3.63, 3.8) is 0 Å². The maximum absolute atomic E-state index is 5.54. The van der Waals surface area contributed by atoms with Crippen molar-refractivity contribution < 1.29 is 0 Å². The van der Waals surface area contributed by atoms with Gasteiger partial charge in [0.15, 0.2) is 0 Å². The predicted molar refractivity (Wildman–Crippen MR) is 83.8 cm³/mol. The lowest BCUT2D eigenvalue weighted by atomic mass is 9.96. The summed E-state index contributed by atoms with van der Waals surface area (Å²) < 4.78 is 0. The van der Waals surface area contributed by atoms with E-state index in [0.29, 0.717) is 5.82 Å². The van der Waals surface area contributed by atoms with Crippen molar-refractivity contribution in [1.82, 2.24) is 9.97 Å². The summed E-state index contributed by atoms with van der Waals surface area (Å²) in [6.07, 6.45) is 5.41. The summed E-state index contributed by atoms with van der Waals surface area (Å²) in [5, 5.41) is 0. The maximum Gasteiger partial charge on any atom is 0.145 e. The van der Waals surface area contributed by atoms with Gasteiger partial charge in [0.05, 0.1) is 0 Å². The molecule has 0 atom stereocenters. The summed E-state index contributed by atoms with van der Waals surface area (Å²) >= 11 is 0. The van der Waals surface area contributed by atoms with Gasteiger partial charge in [-0.15, -0.1) is 0 Å². The Morgan fingerprint density at radius 3 is 2.50 bits per heavy atom. The second kappa shape index (κ2) is 5.95. The minimum atomic E-state index is -0.0875. The largest absolute Gasteiger partial charge is 0.359 e. The van der Waals surface area contributed by atoms with Crippen LogP contribution in [0.1, 0.15) is 52.3 Å². The first-order valence-corrected chi connectivity index (χ1v) is 7.47. The number of aromatic nitrogens is 2. The number of nitrogens with two attached hydrogens (primary N) is 1. The zero-order chi connectivity index (χ0) is 14.8. The van der Waals surface area contributed by atoms with E-state index in [1.165, 1.54) is 25.7 Å². The Labute approximate surface area is 121 Å². The van der Waals surface area contributed by atoms with Crippen LogP contribution >= 0.6 is 0 Å². The molecule has 1 aromatic rings. The van der Waals surface area contributed by atoms with Crippen molar-refractivity contribution in [2.45, 2.75) is 51.9 Å². The monoisotopic (exact) mass is 277 g/mol. The minimum Gasteiger partial charge on any atom is -0.359 e. The van der Waals surface area contributed by atoms with Crippen LogP contribution in [0.2, 0.25) is 0 Å². The highest BCUT2D eigenvalue weighted by Crippen LogP contribution is 2.28. The zero-order valence-electron chi connectivity index (χ0n) is 13.1. The molecule has 1 fully saturated rings. The summed E-state index contributed by atoms with van der Waals surface area (Å²) in [5.41, 5.74) is 2.56. The lowest BCUT2D eigenvalue weighted by Gasteiger charge is -2.25. The molecule has 0 aromatic carbocycles. The fourth-order valence-electron chi connectivity index (χ4n) is 2.71. The van der Waals surface area contributed by atoms with Gasteiger partial charge in [-0.25, -0.2) is 15.8 Å². The van der Waals surface area contributed by atoms with Crippen LogP contribution in [0.25, 0.3) is 0 Å². The highest BCUT2D eigenvalue weighted by Gasteiger charge is 2.22. The molecule has 112 valence electrons. The molecule has 0 amide bonds. The molecule has 5 nitrogen and oxygen atoms in total. The summed E-state index contributed by atoms with van der Waals surface area (Å²) in [6.45, 7) is 7.40. The van der Waals surface area contributed by atoms with Crippen molar-refractivity contribution in [2.75, 3.05) is 23.9 Å². The molecule has 0 saturated heterocycles. The summed E-state index contributed by atoms with van der Waals surface area (Å²) in [7, 11) is 2.10. The van der Waals surface area contributed by atoms with Gasteiger partial charge in [-0.1, -0.05) is 33.6 Å². The predicted octanol–water partition coefficient (Wildman–Crippen LogP) is 2.69. The third kappa shape index (κ3) is 3.60. The van der Waals surface area contributed by atoms with Crippen molar-refractivity contribution >= 4 is 11.6 Å². The Morgan fingerprint density at radius 2 is 1.95 bits per heavy atom.